The Kier molecular flexibility index (Phi) is 3.88. The van der Waals surface area contributed by atoms with Crippen molar-refractivity contribution < 1.29 is 0 Å². The molecule has 0 saturated carbocycles. The largest absolute Gasteiger partial charge is 0.311 e. The van der Waals surface area contributed by atoms with Crippen LogP contribution in [-0.4, -0.2) is 12.1 Å². The smallest absolute Gasteiger partial charge is 0.0437 e. The van der Waals surface area contributed by atoms with E-state index in [0.717, 1.165) is 11.4 Å². The zero-order valence-electron chi connectivity index (χ0n) is 9.93. The molecule has 1 aromatic carbocycles. The summed E-state index contributed by atoms with van der Waals surface area (Å²) in [4.78, 5) is 0. The zero-order chi connectivity index (χ0) is 11.4. The van der Waals surface area contributed by atoms with Gasteiger partial charge in [0.25, 0.3) is 0 Å². The molecule has 1 heterocycles. The number of hydrogen-bond acceptors (Lipinski definition) is 1. The van der Waals surface area contributed by atoms with Crippen LogP contribution in [0.3, 0.4) is 0 Å². The van der Waals surface area contributed by atoms with Crippen LogP contribution in [0.15, 0.2) is 24.3 Å². The van der Waals surface area contributed by atoms with Crippen LogP contribution in [0.5, 0.6) is 0 Å². The Morgan fingerprint density at radius 3 is 2.81 bits per heavy atom. The first-order chi connectivity index (χ1) is 7.76. The molecule has 1 aliphatic rings. The summed E-state index contributed by atoms with van der Waals surface area (Å²) < 4.78 is 0. The predicted octanol–water partition coefficient (Wildman–Crippen LogP) is 3.80. The number of aryl methyl sites for hydroxylation is 1. The first-order valence-electron chi connectivity index (χ1n) is 6.24. The fourth-order valence-electron chi connectivity index (χ4n) is 2.64. The Bertz CT molecular complexity index is 342. The first kappa shape index (κ1) is 11.9. The van der Waals surface area contributed by atoms with E-state index >= 15 is 0 Å². The lowest BCUT2D eigenvalue weighted by atomic mass is 9.87. The summed E-state index contributed by atoms with van der Waals surface area (Å²) in [6, 6.07) is 8.19. The Hall–Kier alpha value is -0.530. The maximum atomic E-state index is 6.18. The van der Waals surface area contributed by atoms with Gasteiger partial charge in [-0.1, -0.05) is 36.7 Å². The molecule has 0 bridgehead atoms. The molecule has 16 heavy (non-hydrogen) atoms. The van der Waals surface area contributed by atoms with Crippen molar-refractivity contribution in [1.82, 2.24) is 5.32 Å². The Balaban J connectivity index is 1.98. The minimum absolute atomic E-state index is 0.374. The monoisotopic (exact) mass is 237 g/mol. The maximum absolute atomic E-state index is 6.18. The molecule has 1 atom stereocenters. The summed E-state index contributed by atoms with van der Waals surface area (Å²) in [7, 11) is 0. The summed E-state index contributed by atoms with van der Waals surface area (Å²) in [5, 5.41) is 4.58. The van der Waals surface area contributed by atoms with Crippen molar-refractivity contribution in [3.05, 3.63) is 34.9 Å². The molecule has 0 amide bonds. The standard InChI is InChI=1S/C14H20ClN/c1-2-14(9-5-11-16-14)10-8-12-6-3-4-7-13(12)15/h3-4,6-7,16H,2,5,8-11H2,1H3. The van der Waals surface area contributed by atoms with Crippen molar-refractivity contribution in [2.45, 2.75) is 44.6 Å². The van der Waals surface area contributed by atoms with Crippen molar-refractivity contribution in [2.75, 3.05) is 6.54 Å². The number of nitrogens with one attached hydrogen (secondary N) is 1. The van der Waals surface area contributed by atoms with Crippen LogP contribution in [0.2, 0.25) is 5.02 Å². The summed E-state index contributed by atoms with van der Waals surface area (Å²) in [5.74, 6) is 0. The molecule has 1 fully saturated rings. The molecule has 0 aliphatic carbocycles. The SMILES string of the molecule is CCC1(CCc2ccccc2Cl)CCCN1. The quantitative estimate of drug-likeness (QED) is 0.840. The third kappa shape index (κ3) is 2.58. The van der Waals surface area contributed by atoms with E-state index < -0.39 is 0 Å². The van der Waals surface area contributed by atoms with Crippen LogP contribution < -0.4 is 5.32 Å². The zero-order valence-corrected chi connectivity index (χ0v) is 10.7. The lowest BCUT2D eigenvalue weighted by Crippen LogP contribution is -2.39. The van der Waals surface area contributed by atoms with E-state index in [1.807, 2.05) is 12.1 Å². The maximum Gasteiger partial charge on any atom is 0.0437 e. The van der Waals surface area contributed by atoms with Crippen molar-refractivity contribution in [3.63, 3.8) is 0 Å². The second-order valence-corrected chi connectivity index (χ2v) is 5.16. The predicted molar refractivity (Wildman–Crippen MR) is 70.0 cm³/mol. The molecule has 1 N–H and O–H groups in total. The minimum Gasteiger partial charge on any atom is -0.311 e. The lowest BCUT2D eigenvalue weighted by molar-refractivity contribution is 0.336. The van der Waals surface area contributed by atoms with Gasteiger partial charge in [-0.15, -0.1) is 0 Å². The molecule has 0 spiro atoms. The Labute approximate surface area is 103 Å². The lowest BCUT2D eigenvalue weighted by Gasteiger charge is -2.28. The highest BCUT2D eigenvalue weighted by Crippen LogP contribution is 2.29. The van der Waals surface area contributed by atoms with Crippen molar-refractivity contribution >= 4 is 11.6 Å². The number of halogens is 1. The summed E-state index contributed by atoms with van der Waals surface area (Å²) in [6.07, 6.45) is 6.13. The van der Waals surface area contributed by atoms with Crippen LogP contribution in [-0.2, 0) is 6.42 Å². The highest BCUT2D eigenvalue weighted by Gasteiger charge is 2.30. The number of hydrogen-bond donors (Lipinski definition) is 1. The molecular weight excluding hydrogens is 218 g/mol. The van der Waals surface area contributed by atoms with Gasteiger partial charge in [0.15, 0.2) is 0 Å². The third-order valence-electron chi connectivity index (χ3n) is 3.84. The first-order valence-corrected chi connectivity index (χ1v) is 6.62. The second-order valence-electron chi connectivity index (χ2n) is 4.76. The minimum atomic E-state index is 0.374. The van der Waals surface area contributed by atoms with Gasteiger partial charge in [0, 0.05) is 10.6 Å². The summed E-state index contributed by atoms with van der Waals surface area (Å²) in [5.41, 5.74) is 1.66. The molecule has 0 aromatic heterocycles. The molecule has 1 unspecified atom stereocenters. The summed E-state index contributed by atoms with van der Waals surface area (Å²) >= 11 is 6.18. The van der Waals surface area contributed by atoms with Crippen molar-refractivity contribution in [3.8, 4) is 0 Å². The van der Waals surface area contributed by atoms with Crippen molar-refractivity contribution in [1.29, 1.82) is 0 Å². The van der Waals surface area contributed by atoms with Crippen molar-refractivity contribution in [2.24, 2.45) is 0 Å². The van der Waals surface area contributed by atoms with E-state index in [1.165, 1.54) is 37.8 Å². The van der Waals surface area contributed by atoms with E-state index in [9.17, 15) is 0 Å². The van der Waals surface area contributed by atoms with Gasteiger partial charge in [-0.2, -0.15) is 0 Å². The highest BCUT2D eigenvalue weighted by molar-refractivity contribution is 6.31. The van der Waals surface area contributed by atoms with Gasteiger partial charge in [0.2, 0.25) is 0 Å². The Morgan fingerprint density at radius 1 is 1.38 bits per heavy atom. The van der Waals surface area contributed by atoms with Gasteiger partial charge in [-0.25, -0.2) is 0 Å². The van der Waals surface area contributed by atoms with E-state index in [1.54, 1.807) is 0 Å². The second kappa shape index (κ2) is 5.20. The fourth-order valence-corrected chi connectivity index (χ4v) is 2.87. The third-order valence-corrected chi connectivity index (χ3v) is 4.21. The normalized spacial score (nSPS) is 24.9. The van der Waals surface area contributed by atoms with E-state index in [0.29, 0.717) is 5.54 Å². The van der Waals surface area contributed by atoms with Crippen LogP contribution in [0.1, 0.15) is 38.2 Å². The van der Waals surface area contributed by atoms with Crippen LogP contribution in [0, 0.1) is 0 Å². The molecule has 1 aromatic rings. The molecule has 88 valence electrons. The van der Waals surface area contributed by atoms with Gasteiger partial charge in [-0.05, 0) is 50.3 Å². The van der Waals surface area contributed by atoms with Gasteiger partial charge < -0.3 is 5.32 Å². The highest BCUT2D eigenvalue weighted by atomic mass is 35.5. The fraction of sp³-hybridized carbons (Fsp3) is 0.571. The molecule has 2 heteroatoms. The Morgan fingerprint density at radius 2 is 2.19 bits per heavy atom. The molecule has 0 radical (unpaired) electrons. The van der Waals surface area contributed by atoms with Gasteiger partial charge in [0.05, 0.1) is 0 Å². The average molecular weight is 238 g/mol. The summed E-state index contributed by atoms with van der Waals surface area (Å²) in [6.45, 7) is 3.46. The van der Waals surface area contributed by atoms with Crippen LogP contribution in [0.25, 0.3) is 0 Å². The van der Waals surface area contributed by atoms with Crippen LogP contribution in [0.4, 0.5) is 0 Å². The van der Waals surface area contributed by atoms with E-state index in [4.69, 9.17) is 11.6 Å². The average Bonchev–Trinajstić information content (AvgIpc) is 2.78. The topological polar surface area (TPSA) is 12.0 Å². The number of benzene rings is 1. The molecular formula is C14H20ClN. The van der Waals surface area contributed by atoms with E-state index in [2.05, 4.69) is 24.4 Å². The molecule has 1 nitrogen and oxygen atoms in total. The van der Waals surface area contributed by atoms with Gasteiger partial charge >= 0.3 is 0 Å². The van der Waals surface area contributed by atoms with Crippen LogP contribution >= 0.6 is 11.6 Å². The molecule has 1 saturated heterocycles. The van der Waals surface area contributed by atoms with E-state index in [-0.39, 0.29) is 0 Å². The molecule has 2 rings (SSSR count). The van der Waals surface area contributed by atoms with Gasteiger partial charge in [-0.3, -0.25) is 0 Å². The number of rotatable bonds is 4. The van der Waals surface area contributed by atoms with Gasteiger partial charge in [0.1, 0.15) is 0 Å². The molecule has 1 aliphatic heterocycles.